The van der Waals surface area contributed by atoms with Gasteiger partial charge in [-0.15, -0.1) is 0 Å². The number of hydrogen-bond donors (Lipinski definition) is 1. The van der Waals surface area contributed by atoms with Gasteiger partial charge < -0.3 is 4.74 Å². The monoisotopic (exact) mass is 442 g/mol. The van der Waals surface area contributed by atoms with Crippen LogP contribution in [0.2, 0.25) is 5.02 Å². The molecule has 0 saturated heterocycles. The molecule has 0 aliphatic carbocycles. The number of carbonyl (C=O) groups excluding carboxylic acids is 1. The molecular formula is C21H16BrClN2O2. The number of hydrogen-bond acceptors (Lipinski definition) is 3. The first-order valence-corrected chi connectivity index (χ1v) is 9.34. The summed E-state index contributed by atoms with van der Waals surface area (Å²) < 4.78 is 6.90. The summed E-state index contributed by atoms with van der Waals surface area (Å²) in [5, 5.41) is 4.60. The second kappa shape index (κ2) is 9.35. The Morgan fingerprint density at radius 1 is 1.07 bits per heavy atom. The lowest BCUT2D eigenvalue weighted by Crippen LogP contribution is -2.17. The van der Waals surface area contributed by atoms with Crippen molar-refractivity contribution < 1.29 is 9.53 Å². The molecule has 3 aromatic rings. The van der Waals surface area contributed by atoms with Crippen LogP contribution < -0.4 is 10.2 Å². The number of nitrogens with one attached hydrogen (secondary N) is 1. The zero-order valence-corrected chi connectivity index (χ0v) is 16.6. The minimum atomic E-state index is -0.310. The lowest BCUT2D eigenvalue weighted by molar-refractivity contribution is 0.0955. The van der Waals surface area contributed by atoms with E-state index in [0.29, 0.717) is 22.9 Å². The Kier molecular flexibility index (Phi) is 6.63. The zero-order chi connectivity index (χ0) is 19.1. The van der Waals surface area contributed by atoms with Crippen LogP contribution >= 0.6 is 27.5 Å². The highest BCUT2D eigenvalue weighted by Crippen LogP contribution is 2.19. The fourth-order valence-electron chi connectivity index (χ4n) is 2.33. The molecule has 6 heteroatoms. The first-order valence-electron chi connectivity index (χ1n) is 8.17. The average molecular weight is 444 g/mol. The number of nitrogens with zero attached hydrogens (tertiary/aromatic N) is 1. The van der Waals surface area contributed by atoms with Gasteiger partial charge in [0.05, 0.1) is 6.21 Å². The van der Waals surface area contributed by atoms with Gasteiger partial charge in [-0.3, -0.25) is 4.79 Å². The summed E-state index contributed by atoms with van der Waals surface area (Å²) in [5.41, 5.74) is 4.80. The molecule has 0 fully saturated rings. The number of rotatable bonds is 6. The number of benzene rings is 3. The predicted molar refractivity (Wildman–Crippen MR) is 111 cm³/mol. The Balaban J connectivity index is 1.64. The molecule has 0 saturated carbocycles. The van der Waals surface area contributed by atoms with Crippen LogP contribution in [0.25, 0.3) is 0 Å². The van der Waals surface area contributed by atoms with Crippen LogP contribution in [0.15, 0.2) is 82.4 Å². The van der Waals surface area contributed by atoms with Crippen molar-refractivity contribution in [2.75, 3.05) is 0 Å². The van der Waals surface area contributed by atoms with Crippen molar-refractivity contribution >= 4 is 39.7 Å². The summed E-state index contributed by atoms with van der Waals surface area (Å²) in [7, 11) is 0. The number of halogens is 2. The molecule has 3 rings (SSSR count). The van der Waals surface area contributed by atoms with E-state index in [0.717, 1.165) is 15.6 Å². The smallest absolute Gasteiger partial charge is 0.271 e. The van der Waals surface area contributed by atoms with Gasteiger partial charge in [-0.25, -0.2) is 5.43 Å². The maximum atomic E-state index is 12.1. The van der Waals surface area contributed by atoms with Crippen LogP contribution in [0.3, 0.4) is 0 Å². The Morgan fingerprint density at radius 3 is 2.63 bits per heavy atom. The van der Waals surface area contributed by atoms with Crippen molar-refractivity contribution in [3.05, 3.63) is 99.0 Å². The molecule has 0 aliphatic rings. The highest BCUT2D eigenvalue weighted by Gasteiger charge is 2.05. The Labute approximate surface area is 171 Å². The van der Waals surface area contributed by atoms with Crippen LogP contribution in [0.5, 0.6) is 5.75 Å². The van der Waals surface area contributed by atoms with Crippen LogP contribution in [-0.2, 0) is 6.61 Å². The maximum Gasteiger partial charge on any atom is 0.271 e. The van der Waals surface area contributed by atoms with Gasteiger partial charge in [0.25, 0.3) is 5.91 Å². The number of amides is 1. The minimum absolute atomic E-state index is 0.310. The fourth-order valence-corrected chi connectivity index (χ4v) is 2.91. The zero-order valence-electron chi connectivity index (χ0n) is 14.2. The maximum absolute atomic E-state index is 12.1. The summed E-state index contributed by atoms with van der Waals surface area (Å²) in [4.78, 5) is 12.1. The number of hydrazone groups is 1. The normalized spacial score (nSPS) is 10.7. The molecule has 0 heterocycles. The molecule has 0 radical (unpaired) electrons. The Bertz CT molecular complexity index is 958. The summed E-state index contributed by atoms with van der Waals surface area (Å²) in [6.07, 6.45) is 1.56. The number of ether oxygens (including phenoxy) is 1. The molecule has 0 aromatic heterocycles. The third-order valence-corrected chi connectivity index (χ3v) is 4.42. The third kappa shape index (κ3) is 5.67. The Hall–Kier alpha value is -2.63. The van der Waals surface area contributed by atoms with Crippen molar-refractivity contribution in [3.8, 4) is 5.75 Å². The standard InChI is InChI=1S/C21H16BrClN2O2/c22-18-6-3-4-15(12-18)14-27-20-7-2-1-5-17(20)13-24-25-21(26)16-8-10-19(23)11-9-16/h1-13H,14H2,(H,25,26)/b24-13+. The summed E-state index contributed by atoms with van der Waals surface area (Å²) in [6.45, 7) is 0.432. The van der Waals surface area contributed by atoms with E-state index in [-0.39, 0.29) is 5.91 Å². The third-order valence-electron chi connectivity index (χ3n) is 3.68. The van der Waals surface area contributed by atoms with Gasteiger partial charge in [-0.1, -0.05) is 51.8 Å². The van der Waals surface area contributed by atoms with Crippen LogP contribution in [0.4, 0.5) is 0 Å². The first-order chi connectivity index (χ1) is 13.1. The van der Waals surface area contributed by atoms with E-state index in [1.807, 2.05) is 48.5 Å². The molecule has 3 aromatic carbocycles. The summed E-state index contributed by atoms with van der Waals surface area (Å²) in [6, 6.07) is 22.0. The van der Waals surface area contributed by atoms with Crippen molar-refractivity contribution in [2.45, 2.75) is 6.61 Å². The van der Waals surface area contributed by atoms with Gasteiger partial charge in [0, 0.05) is 20.6 Å². The molecule has 1 N–H and O–H groups in total. The van der Waals surface area contributed by atoms with Gasteiger partial charge in [-0.05, 0) is 54.1 Å². The number of carbonyl (C=O) groups is 1. The second-order valence-electron chi connectivity index (χ2n) is 5.66. The van der Waals surface area contributed by atoms with Crippen LogP contribution in [0, 0.1) is 0 Å². The molecule has 0 aliphatic heterocycles. The van der Waals surface area contributed by atoms with Gasteiger partial charge in [0.15, 0.2) is 0 Å². The van der Waals surface area contributed by atoms with E-state index >= 15 is 0 Å². The van der Waals surface area contributed by atoms with Gasteiger partial charge >= 0.3 is 0 Å². The van der Waals surface area contributed by atoms with E-state index < -0.39 is 0 Å². The summed E-state index contributed by atoms with van der Waals surface area (Å²) in [5.74, 6) is 0.373. The molecule has 4 nitrogen and oxygen atoms in total. The van der Waals surface area contributed by atoms with Crippen molar-refractivity contribution in [2.24, 2.45) is 5.10 Å². The fraction of sp³-hybridized carbons (Fsp3) is 0.0476. The van der Waals surface area contributed by atoms with Crippen LogP contribution in [0.1, 0.15) is 21.5 Å². The average Bonchev–Trinajstić information content (AvgIpc) is 2.68. The second-order valence-corrected chi connectivity index (χ2v) is 7.01. The molecule has 0 atom stereocenters. The quantitative estimate of drug-likeness (QED) is 0.407. The van der Waals surface area contributed by atoms with Gasteiger partial charge in [0.2, 0.25) is 0 Å². The van der Waals surface area contributed by atoms with E-state index in [2.05, 4.69) is 26.5 Å². The largest absolute Gasteiger partial charge is 0.488 e. The van der Waals surface area contributed by atoms with Crippen molar-refractivity contribution in [1.29, 1.82) is 0 Å². The van der Waals surface area contributed by atoms with Gasteiger partial charge in [0.1, 0.15) is 12.4 Å². The van der Waals surface area contributed by atoms with E-state index in [1.54, 1.807) is 30.5 Å². The van der Waals surface area contributed by atoms with Crippen molar-refractivity contribution in [1.82, 2.24) is 5.43 Å². The highest BCUT2D eigenvalue weighted by molar-refractivity contribution is 9.10. The highest BCUT2D eigenvalue weighted by atomic mass is 79.9. The lowest BCUT2D eigenvalue weighted by atomic mass is 10.2. The lowest BCUT2D eigenvalue weighted by Gasteiger charge is -2.09. The van der Waals surface area contributed by atoms with Gasteiger partial charge in [-0.2, -0.15) is 5.10 Å². The molecular weight excluding hydrogens is 428 g/mol. The first kappa shape index (κ1) is 19.1. The van der Waals surface area contributed by atoms with E-state index in [4.69, 9.17) is 16.3 Å². The molecule has 0 bridgehead atoms. The van der Waals surface area contributed by atoms with E-state index in [9.17, 15) is 4.79 Å². The molecule has 0 spiro atoms. The molecule has 136 valence electrons. The predicted octanol–water partition coefficient (Wildman–Crippen LogP) is 5.45. The topological polar surface area (TPSA) is 50.7 Å². The minimum Gasteiger partial charge on any atom is -0.488 e. The van der Waals surface area contributed by atoms with Crippen LogP contribution in [-0.4, -0.2) is 12.1 Å². The Morgan fingerprint density at radius 2 is 1.85 bits per heavy atom. The summed E-state index contributed by atoms with van der Waals surface area (Å²) >= 11 is 9.27. The number of para-hydroxylation sites is 1. The van der Waals surface area contributed by atoms with E-state index in [1.165, 1.54) is 0 Å². The van der Waals surface area contributed by atoms with Crippen molar-refractivity contribution in [3.63, 3.8) is 0 Å². The molecule has 27 heavy (non-hydrogen) atoms. The molecule has 0 unspecified atom stereocenters. The SMILES string of the molecule is O=C(N/N=C/c1ccccc1OCc1cccc(Br)c1)c1ccc(Cl)cc1. The molecule has 1 amide bonds.